The normalized spacial score (nSPS) is 8.43. The molecule has 2 nitrogen and oxygen atoms in total. The Morgan fingerprint density at radius 2 is 0.929 bits per heavy atom. The summed E-state index contributed by atoms with van der Waals surface area (Å²) in [6, 6.07) is 7.93. The Balaban J connectivity index is 0.000000461. The summed E-state index contributed by atoms with van der Waals surface area (Å²) in [7, 11) is 0. The predicted octanol–water partition coefficient (Wildman–Crippen LogP) is 2.39. The Hall–Kier alpha value is -2.14. The third kappa shape index (κ3) is 2.43. The summed E-state index contributed by atoms with van der Waals surface area (Å²) in [6.45, 7) is 0. The fourth-order valence-corrected chi connectivity index (χ4v) is 1.09. The van der Waals surface area contributed by atoms with Crippen LogP contribution < -0.4 is 0 Å². The Morgan fingerprint density at radius 3 is 1.21 bits per heavy atom. The van der Waals surface area contributed by atoms with Crippen LogP contribution in [-0.2, 0) is 0 Å². The second-order valence-electron chi connectivity index (χ2n) is 2.47. The van der Waals surface area contributed by atoms with E-state index < -0.39 is 0 Å². The van der Waals surface area contributed by atoms with Crippen molar-refractivity contribution < 1.29 is 0 Å². The van der Waals surface area contributed by atoms with Gasteiger partial charge in [-0.05, 0) is 35.4 Å². The molecule has 0 saturated heterocycles. The lowest BCUT2D eigenvalue weighted by Crippen LogP contribution is -1.77. The molecule has 0 saturated carbocycles. The minimum Gasteiger partial charge on any atom is -0.265 e. The molecular formula is C12H10N2. The van der Waals surface area contributed by atoms with Crippen LogP contribution in [0.25, 0.3) is 11.1 Å². The highest BCUT2D eigenvalue weighted by Crippen LogP contribution is 2.15. The first-order chi connectivity index (χ1) is 6.97. The first-order valence-electron chi connectivity index (χ1n) is 4.10. The average molecular weight is 182 g/mol. The molecule has 0 aliphatic heterocycles. The van der Waals surface area contributed by atoms with Crippen LogP contribution in [0.4, 0.5) is 0 Å². The molecule has 0 aliphatic rings. The van der Waals surface area contributed by atoms with Gasteiger partial charge in [0.25, 0.3) is 0 Å². The molecule has 0 amide bonds. The van der Waals surface area contributed by atoms with Crippen LogP contribution in [0.3, 0.4) is 0 Å². The van der Waals surface area contributed by atoms with Gasteiger partial charge < -0.3 is 0 Å². The Bertz CT molecular complexity index is 341. The van der Waals surface area contributed by atoms with Gasteiger partial charge in [0, 0.05) is 24.8 Å². The number of aromatic nitrogens is 2. The molecular weight excluding hydrogens is 172 g/mol. The summed E-state index contributed by atoms with van der Waals surface area (Å²) in [5, 5.41) is 0. The van der Waals surface area contributed by atoms with Crippen molar-refractivity contribution in [1.29, 1.82) is 0 Å². The first-order valence-corrected chi connectivity index (χ1v) is 4.10. The smallest absolute Gasteiger partial charge is 0.0273 e. The number of hydrogen-bond donors (Lipinski definition) is 0. The van der Waals surface area contributed by atoms with Gasteiger partial charge in [-0.1, -0.05) is 0 Å². The summed E-state index contributed by atoms with van der Waals surface area (Å²) in [5.41, 5.74) is 2.35. The van der Waals surface area contributed by atoms with E-state index >= 15 is 0 Å². The van der Waals surface area contributed by atoms with E-state index in [2.05, 4.69) is 22.8 Å². The summed E-state index contributed by atoms with van der Waals surface area (Å²) in [4.78, 5) is 7.91. The molecule has 0 aromatic carbocycles. The van der Waals surface area contributed by atoms with E-state index in [1.54, 1.807) is 24.8 Å². The molecule has 0 atom stereocenters. The molecule has 0 aliphatic carbocycles. The van der Waals surface area contributed by atoms with Gasteiger partial charge in [0.15, 0.2) is 0 Å². The van der Waals surface area contributed by atoms with Gasteiger partial charge in [-0.2, -0.15) is 0 Å². The van der Waals surface area contributed by atoms with Crippen molar-refractivity contribution in [1.82, 2.24) is 9.97 Å². The molecule has 0 N–H and O–H groups in total. The Morgan fingerprint density at radius 1 is 0.643 bits per heavy atom. The minimum absolute atomic E-state index is 1.17. The molecule has 0 spiro atoms. The maximum absolute atomic E-state index is 4.00. The van der Waals surface area contributed by atoms with Crippen molar-refractivity contribution in [2.24, 2.45) is 0 Å². The van der Waals surface area contributed by atoms with E-state index in [0.29, 0.717) is 0 Å². The zero-order valence-corrected chi connectivity index (χ0v) is 7.67. The van der Waals surface area contributed by atoms with Gasteiger partial charge in [0.1, 0.15) is 0 Å². The zero-order valence-electron chi connectivity index (χ0n) is 7.67. The molecule has 2 heteroatoms. The summed E-state index contributed by atoms with van der Waals surface area (Å²) in [6.07, 6.45) is 15.1. The van der Waals surface area contributed by atoms with Gasteiger partial charge in [0.05, 0.1) is 0 Å². The maximum atomic E-state index is 4.00. The molecule has 2 heterocycles. The largest absolute Gasteiger partial charge is 0.265 e. The predicted molar refractivity (Wildman–Crippen MR) is 57.4 cm³/mol. The maximum Gasteiger partial charge on any atom is 0.0273 e. The second-order valence-corrected chi connectivity index (χ2v) is 2.47. The van der Waals surface area contributed by atoms with Crippen LogP contribution in [0, 0.1) is 12.8 Å². The van der Waals surface area contributed by atoms with Crippen molar-refractivity contribution in [3.63, 3.8) is 0 Å². The molecule has 0 fully saturated rings. The lowest BCUT2D eigenvalue weighted by Gasteiger charge is -1.97. The van der Waals surface area contributed by atoms with Crippen LogP contribution in [0.1, 0.15) is 0 Å². The fraction of sp³-hybridized carbons (Fsp3) is 0. The summed E-state index contributed by atoms with van der Waals surface area (Å²) in [5.74, 6) is 0. The number of nitrogens with zero attached hydrogens (tertiary/aromatic N) is 2. The van der Waals surface area contributed by atoms with E-state index in [9.17, 15) is 0 Å². The number of hydrogen-bond acceptors (Lipinski definition) is 2. The van der Waals surface area contributed by atoms with E-state index in [0.717, 1.165) is 0 Å². The number of rotatable bonds is 1. The van der Waals surface area contributed by atoms with Gasteiger partial charge in [0.2, 0.25) is 0 Å². The van der Waals surface area contributed by atoms with E-state index in [4.69, 9.17) is 0 Å². The number of terminal acetylenes is 1. The topological polar surface area (TPSA) is 25.8 Å². The van der Waals surface area contributed by atoms with Crippen LogP contribution in [-0.4, -0.2) is 9.97 Å². The molecule has 2 rings (SSSR count). The lowest BCUT2D eigenvalue weighted by molar-refractivity contribution is 1.31. The van der Waals surface area contributed by atoms with E-state index in [1.807, 2.05) is 24.3 Å². The van der Waals surface area contributed by atoms with Gasteiger partial charge in [-0.15, -0.1) is 12.8 Å². The van der Waals surface area contributed by atoms with Crippen molar-refractivity contribution in [2.75, 3.05) is 0 Å². The SMILES string of the molecule is C#C.c1cc(-c2ccncc2)ccn1. The molecule has 2 aromatic rings. The van der Waals surface area contributed by atoms with E-state index in [-0.39, 0.29) is 0 Å². The fourth-order valence-electron chi connectivity index (χ4n) is 1.09. The van der Waals surface area contributed by atoms with Crippen molar-refractivity contribution in [2.45, 2.75) is 0 Å². The van der Waals surface area contributed by atoms with Crippen LogP contribution in [0.15, 0.2) is 49.1 Å². The average Bonchev–Trinajstić information content (AvgIpc) is 2.34. The molecule has 0 unspecified atom stereocenters. The Labute approximate surface area is 83.7 Å². The summed E-state index contributed by atoms with van der Waals surface area (Å²) < 4.78 is 0. The molecule has 0 bridgehead atoms. The van der Waals surface area contributed by atoms with Gasteiger partial charge >= 0.3 is 0 Å². The van der Waals surface area contributed by atoms with Gasteiger partial charge in [-0.3, -0.25) is 9.97 Å². The second kappa shape index (κ2) is 5.50. The quantitative estimate of drug-likeness (QED) is 0.633. The Kier molecular flexibility index (Phi) is 3.90. The standard InChI is InChI=1S/C10H8N2.C2H2/c1-5-11-6-2-9(1)10-3-7-12-8-4-10;1-2/h1-8H;1-2H. The molecule has 0 radical (unpaired) electrons. The highest BCUT2D eigenvalue weighted by molar-refractivity contribution is 5.61. The highest BCUT2D eigenvalue weighted by Gasteiger charge is 1.92. The lowest BCUT2D eigenvalue weighted by atomic mass is 10.1. The molecule has 14 heavy (non-hydrogen) atoms. The number of pyridine rings is 2. The van der Waals surface area contributed by atoms with Crippen molar-refractivity contribution in [3.05, 3.63) is 49.1 Å². The molecule has 2 aromatic heterocycles. The monoisotopic (exact) mass is 182 g/mol. The van der Waals surface area contributed by atoms with E-state index in [1.165, 1.54) is 11.1 Å². The third-order valence-electron chi connectivity index (χ3n) is 1.69. The first kappa shape index (κ1) is 9.94. The zero-order chi connectivity index (χ0) is 10.2. The van der Waals surface area contributed by atoms with Crippen molar-refractivity contribution >= 4 is 0 Å². The molecule has 68 valence electrons. The van der Waals surface area contributed by atoms with Gasteiger partial charge in [-0.25, -0.2) is 0 Å². The minimum atomic E-state index is 1.17. The highest BCUT2D eigenvalue weighted by atomic mass is 14.6. The van der Waals surface area contributed by atoms with Crippen molar-refractivity contribution in [3.8, 4) is 24.0 Å². The third-order valence-corrected chi connectivity index (χ3v) is 1.69. The van der Waals surface area contributed by atoms with Crippen LogP contribution >= 0.6 is 0 Å². The van der Waals surface area contributed by atoms with Crippen LogP contribution in [0.2, 0.25) is 0 Å². The van der Waals surface area contributed by atoms with Crippen LogP contribution in [0.5, 0.6) is 0 Å². The summed E-state index contributed by atoms with van der Waals surface area (Å²) >= 11 is 0.